The van der Waals surface area contributed by atoms with Crippen molar-refractivity contribution in [3.63, 3.8) is 0 Å². The van der Waals surface area contributed by atoms with Gasteiger partial charge in [-0.05, 0) is 32.0 Å². The third-order valence-corrected chi connectivity index (χ3v) is 3.25. The van der Waals surface area contributed by atoms with E-state index in [1.807, 2.05) is 13.8 Å². The lowest BCUT2D eigenvalue weighted by Crippen LogP contribution is -2.56. The van der Waals surface area contributed by atoms with E-state index in [9.17, 15) is 9.59 Å². The summed E-state index contributed by atoms with van der Waals surface area (Å²) in [5.74, 6) is -1.02. The predicted molar refractivity (Wildman–Crippen MR) is 74.0 cm³/mol. The molecule has 0 aromatic heterocycles. The summed E-state index contributed by atoms with van der Waals surface area (Å²) in [5, 5.41) is 11.7. The average molecular weight is 278 g/mol. The van der Waals surface area contributed by atoms with Crippen LogP contribution in [0.4, 0.5) is 10.5 Å². The first kappa shape index (κ1) is 14.3. The first-order chi connectivity index (χ1) is 9.40. The van der Waals surface area contributed by atoms with E-state index < -0.39 is 5.97 Å². The third kappa shape index (κ3) is 3.08. The lowest BCUT2D eigenvalue weighted by atomic mass is 10.0. The van der Waals surface area contributed by atoms with Gasteiger partial charge in [0.05, 0.1) is 24.3 Å². The molecular weight excluding hydrogens is 260 g/mol. The molecular formula is C14H18N2O4. The molecule has 2 rings (SSSR count). The molecule has 2 amide bonds. The maximum absolute atomic E-state index is 12.3. The molecule has 1 fully saturated rings. The number of amides is 2. The van der Waals surface area contributed by atoms with Crippen LogP contribution in [-0.2, 0) is 4.74 Å². The van der Waals surface area contributed by atoms with Crippen molar-refractivity contribution in [2.24, 2.45) is 0 Å². The van der Waals surface area contributed by atoms with Crippen LogP contribution in [0.15, 0.2) is 24.3 Å². The summed E-state index contributed by atoms with van der Waals surface area (Å²) >= 11 is 0. The number of morpholine rings is 1. The highest BCUT2D eigenvalue weighted by Crippen LogP contribution is 2.20. The second-order valence-corrected chi connectivity index (χ2v) is 5.33. The Hall–Kier alpha value is -2.08. The first-order valence-corrected chi connectivity index (χ1v) is 6.40. The van der Waals surface area contributed by atoms with Crippen LogP contribution in [0.5, 0.6) is 0 Å². The molecule has 1 aromatic carbocycles. The summed E-state index contributed by atoms with van der Waals surface area (Å²) in [4.78, 5) is 24.9. The number of aromatic carboxylic acids is 1. The zero-order chi connectivity index (χ0) is 14.8. The molecule has 1 saturated heterocycles. The minimum absolute atomic E-state index is 0.143. The summed E-state index contributed by atoms with van der Waals surface area (Å²) in [7, 11) is 0. The van der Waals surface area contributed by atoms with Crippen LogP contribution >= 0.6 is 0 Å². The largest absolute Gasteiger partial charge is 0.478 e. The maximum Gasteiger partial charge on any atom is 0.335 e. The number of rotatable bonds is 2. The van der Waals surface area contributed by atoms with Gasteiger partial charge in [-0.15, -0.1) is 0 Å². The number of nitrogens with zero attached hydrogens (tertiary/aromatic N) is 1. The van der Waals surface area contributed by atoms with Crippen molar-refractivity contribution < 1.29 is 19.4 Å². The van der Waals surface area contributed by atoms with Crippen LogP contribution in [0, 0.1) is 0 Å². The molecule has 0 bridgehead atoms. The quantitative estimate of drug-likeness (QED) is 0.867. The van der Waals surface area contributed by atoms with E-state index in [4.69, 9.17) is 9.84 Å². The van der Waals surface area contributed by atoms with Crippen molar-refractivity contribution in [2.45, 2.75) is 19.4 Å². The van der Waals surface area contributed by atoms with Gasteiger partial charge >= 0.3 is 12.0 Å². The normalized spacial score (nSPS) is 17.6. The molecule has 6 heteroatoms. The van der Waals surface area contributed by atoms with Crippen molar-refractivity contribution in [3.05, 3.63) is 29.8 Å². The lowest BCUT2D eigenvalue weighted by Gasteiger charge is -2.41. The van der Waals surface area contributed by atoms with E-state index in [2.05, 4.69) is 5.32 Å². The second-order valence-electron chi connectivity index (χ2n) is 5.33. The Morgan fingerprint density at radius 3 is 2.80 bits per heavy atom. The molecule has 0 unspecified atom stereocenters. The molecule has 0 spiro atoms. The highest BCUT2D eigenvalue weighted by atomic mass is 16.5. The zero-order valence-electron chi connectivity index (χ0n) is 11.5. The number of nitrogens with one attached hydrogen (secondary N) is 1. The minimum Gasteiger partial charge on any atom is -0.478 e. The van der Waals surface area contributed by atoms with E-state index in [-0.39, 0.29) is 17.1 Å². The highest BCUT2D eigenvalue weighted by Gasteiger charge is 2.34. The number of carboxylic acids is 1. The molecule has 1 aliphatic heterocycles. The molecule has 1 aliphatic rings. The van der Waals surface area contributed by atoms with Crippen molar-refractivity contribution >= 4 is 17.7 Å². The number of hydrogen-bond donors (Lipinski definition) is 2. The number of carbonyl (C=O) groups excluding carboxylic acids is 1. The molecule has 2 N–H and O–H groups in total. The number of anilines is 1. The van der Waals surface area contributed by atoms with Gasteiger partial charge in [0.15, 0.2) is 0 Å². The van der Waals surface area contributed by atoms with Gasteiger partial charge in [0.1, 0.15) is 0 Å². The zero-order valence-corrected chi connectivity index (χ0v) is 11.5. The van der Waals surface area contributed by atoms with E-state index in [1.54, 1.807) is 17.0 Å². The van der Waals surface area contributed by atoms with Gasteiger partial charge in [-0.25, -0.2) is 9.59 Å². The number of urea groups is 1. The van der Waals surface area contributed by atoms with Gasteiger partial charge in [-0.1, -0.05) is 6.07 Å². The average Bonchev–Trinajstić information content (AvgIpc) is 2.38. The lowest BCUT2D eigenvalue weighted by molar-refractivity contribution is -0.0249. The summed E-state index contributed by atoms with van der Waals surface area (Å²) in [6.07, 6.45) is 0. The van der Waals surface area contributed by atoms with Crippen molar-refractivity contribution in [1.82, 2.24) is 4.90 Å². The number of hydrogen-bond acceptors (Lipinski definition) is 3. The van der Waals surface area contributed by atoms with E-state index in [0.717, 1.165) is 0 Å². The smallest absolute Gasteiger partial charge is 0.335 e. The molecule has 0 atom stereocenters. The Morgan fingerprint density at radius 1 is 1.40 bits per heavy atom. The highest BCUT2D eigenvalue weighted by molar-refractivity contribution is 5.93. The minimum atomic E-state index is -1.02. The number of carbonyl (C=O) groups is 2. The molecule has 108 valence electrons. The van der Waals surface area contributed by atoms with Crippen LogP contribution in [0.3, 0.4) is 0 Å². The maximum atomic E-state index is 12.3. The molecule has 1 heterocycles. The summed E-state index contributed by atoms with van der Waals surface area (Å²) < 4.78 is 5.37. The van der Waals surface area contributed by atoms with Gasteiger partial charge in [-0.2, -0.15) is 0 Å². The Kier molecular flexibility index (Phi) is 3.94. The predicted octanol–water partition coefficient (Wildman–Crippen LogP) is 2.03. The molecule has 6 nitrogen and oxygen atoms in total. The number of carboxylic acid groups (broad SMARTS) is 1. The van der Waals surface area contributed by atoms with Crippen molar-refractivity contribution in [3.8, 4) is 0 Å². The third-order valence-electron chi connectivity index (χ3n) is 3.25. The Labute approximate surface area is 117 Å². The van der Waals surface area contributed by atoms with Gasteiger partial charge < -0.3 is 20.1 Å². The van der Waals surface area contributed by atoms with Gasteiger partial charge in [0, 0.05) is 12.2 Å². The Balaban J connectivity index is 2.11. The second kappa shape index (κ2) is 5.50. The van der Waals surface area contributed by atoms with E-state index in [1.165, 1.54) is 12.1 Å². The van der Waals surface area contributed by atoms with E-state index >= 15 is 0 Å². The fourth-order valence-corrected chi connectivity index (χ4v) is 2.16. The van der Waals surface area contributed by atoms with Gasteiger partial charge in [0.25, 0.3) is 0 Å². The molecule has 0 aliphatic carbocycles. The molecule has 20 heavy (non-hydrogen) atoms. The van der Waals surface area contributed by atoms with Crippen LogP contribution < -0.4 is 5.32 Å². The van der Waals surface area contributed by atoms with Crippen molar-refractivity contribution in [2.75, 3.05) is 25.1 Å². The summed E-state index contributed by atoms with van der Waals surface area (Å²) in [6, 6.07) is 5.94. The monoisotopic (exact) mass is 278 g/mol. The van der Waals surface area contributed by atoms with Crippen LogP contribution in [-0.4, -0.2) is 47.3 Å². The standard InChI is InChI=1S/C14H18N2O4/c1-14(2)9-20-7-6-16(14)13(19)15-11-5-3-4-10(8-11)12(17)18/h3-5,8H,6-7,9H2,1-2H3,(H,15,19)(H,17,18). The van der Waals surface area contributed by atoms with Crippen LogP contribution in [0.1, 0.15) is 24.2 Å². The molecule has 1 aromatic rings. The topological polar surface area (TPSA) is 78.9 Å². The molecule has 0 saturated carbocycles. The fraction of sp³-hybridized carbons (Fsp3) is 0.429. The number of benzene rings is 1. The van der Waals surface area contributed by atoms with Crippen LogP contribution in [0.2, 0.25) is 0 Å². The SMILES string of the molecule is CC1(C)COCCN1C(=O)Nc1cccc(C(=O)O)c1. The molecule has 0 radical (unpaired) electrons. The summed E-state index contributed by atoms with van der Waals surface area (Å²) in [5.41, 5.74) is 0.230. The van der Waals surface area contributed by atoms with Gasteiger partial charge in [0.2, 0.25) is 0 Å². The Bertz CT molecular complexity index is 528. The summed E-state index contributed by atoms with van der Waals surface area (Å²) in [6.45, 7) is 5.36. The van der Waals surface area contributed by atoms with Gasteiger partial charge in [-0.3, -0.25) is 0 Å². The Morgan fingerprint density at radius 2 is 2.15 bits per heavy atom. The van der Waals surface area contributed by atoms with E-state index in [0.29, 0.717) is 25.4 Å². The number of ether oxygens (including phenoxy) is 1. The first-order valence-electron chi connectivity index (χ1n) is 6.40. The van der Waals surface area contributed by atoms with Crippen molar-refractivity contribution in [1.29, 1.82) is 0 Å². The van der Waals surface area contributed by atoms with Crippen LogP contribution in [0.25, 0.3) is 0 Å². The fourth-order valence-electron chi connectivity index (χ4n) is 2.16.